The second kappa shape index (κ2) is 6.13. The van der Waals surface area contributed by atoms with E-state index in [0.717, 1.165) is 12.8 Å². The Balaban J connectivity index is 2.04. The Kier molecular flexibility index (Phi) is 4.65. The highest BCUT2D eigenvalue weighted by molar-refractivity contribution is 7.89. The second-order valence-corrected chi connectivity index (χ2v) is 7.08. The van der Waals surface area contributed by atoms with E-state index in [0.29, 0.717) is 18.5 Å². The number of benzene rings is 1. The zero-order valence-corrected chi connectivity index (χ0v) is 12.6. The maximum atomic E-state index is 12.2. The van der Waals surface area contributed by atoms with Gasteiger partial charge in [0.1, 0.15) is 0 Å². The molecule has 0 aromatic heterocycles. The normalized spacial score (nSPS) is 16.5. The summed E-state index contributed by atoms with van der Waals surface area (Å²) >= 11 is 0. The highest BCUT2D eigenvalue weighted by Crippen LogP contribution is 2.48. The van der Waals surface area contributed by atoms with Gasteiger partial charge in [0.15, 0.2) is 0 Å². The molecular weight excluding hydrogens is 294 g/mol. The van der Waals surface area contributed by atoms with Gasteiger partial charge in [-0.1, -0.05) is 0 Å². The van der Waals surface area contributed by atoms with Crippen LogP contribution in [-0.2, 0) is 14.8 Å². The average Bonchev–Trinajstić information content (AvgIpc) is 3.25. The number of esters is 1. The van der Waals surface area contributed by atoms with Crippen LogP contribution in [0.1, 0.15) is 29.6 Å². The third kappa shape index (κ3) is 3.81. The quantitative estimate of drug-likeness (QED) is 0.730. The highest BCUT2D eigenvalue weighted by Gasteiger charge is 2.42. The van der Waals surface area contributed by atoms with Crippen LogP contribution < -0.4 is 4.72 Å². The number of aliphatic hydroxyl groups is 1. The van der Waals surface area contributed by atoms with E-state index in [9.17, 15) is 13.2 Å². The van der Waals surface area contributed by atoms with Crippen LogP contribution in [0.5, 0.6) is 0 Å². The molecule has 2 N–H and O–H groups in total. The van der Waals surface area contributed by atoms with Crippen LogP contribution in [0.4, 0.5) is 0 Å². The van der Waals surface area contributed by atoms with Crippen molar-refractivity contribution in [3.63, 3.8) is 0 Å². The van der Waals surface area contributed by atoms with E-state index in [1.807, 2.05) is 0 Å². The minimum absolute atomic E-state index is 0.0650. The maximum Gasteiger partial charge on any atom is 0.337 e. The van der Waals surface area contributed by atoms with Crippen LogP contribution in [-0.4, -0.2) is 39.8 Å². The summed E-state index contributed by atoms with van der Waals surface area (Å²) in [5.74, 6) is -0.508. The van der Waals surface area contributed by atoms with E-state index in [2.05, 4.69) is 9.46 Å². The lowest BCUT2D eigenvalue weighted by molar-refractivity contribution is 0.0600. The van der Waals surface area contributed by atoms with Crippen molar-refractivity contribution >= 4 is 16.0 Å². The SMILES string of the molecule is COC(=O)c1ccc(S(=O)(=O)NCC2(CCO)CC2)cc1. The van der Waals surface area contributed by atoms with E-state index in [1.165, 1.54) is 31.4 Å². The third-order valence-corrected chi connectivity index (χ3v) is 5.24. The number of rotatable bonds is 7. The summed E-state index contributed by atoms with van der Waals surface area (Å²) in [5.41, 5.74) is 0.212. The number of hydrogen-bond acceptors (Lipinski definition) is 5. The zero-order valence-electron chi connectivity index (χ0n) is 11.8. The van der Waals surface area contributed by atoms with Crippen molar-refractivity contribution in [2.45, 2.75) is 24.2 Å². The first-order valence-corrected chi connectivity index (χ1v) is 8.20. The first-order valence-electron chi connectivity index (χ1n) is 6.71. The van der Waals surface area contributed by atoms with Crippen LogP contribution in [0.3, 0.4) is 0 Å². The topological polar surface area (TPSA) is 92.7 Å². The predicted molar refractivity (Wildman–Crippen MR) is 76.3 cm³/mol. The third-order valence-electron chi connectivity index (χ3n) is 3.82. The van der Waals surface area contributed by atoms with Crippen LogP contribution in [0, 0.1) is 5.41 Å². The van der Waals surface area contributed by atoms with Gasteiger partial charge in [0.25, 0.3) is 0 Å². The Morgan fingerprint density at radius 1 is 1.33 bits per heavy atom. The summed E-state index contributed by atoms with van der Waals surface area (Å²) in [6.45, 7) is 0.393. The number of aliphatic hydroxyl groups excluding tert-OH is 1. The van der Waals surface area contributed by atoms with Crippen LogP contribution >= 0.6 is 0 Å². The largest absolute Gasteiger partial charge is 0.465 e. The smallest absolute Gasteiger partial charge is 0.337 e. The van der Waals surface area contributed by atoms with Gasteiger partial charge in [0, 0.05) is 13.2 Å². The lowest BCUT2D eigenvalue weighted by Crippen LogP contribution is -2.30. The lowest BCUT2D eigenvalue weighted by Gasteiger charge is -2.14. The summed E-state index contributed by atoms with van der Waals surface area (Å²) in [6, 6.07) is 5.59. The molecule has 0 unspecified atom stereocenters. The number of methoxy groups -OCH3 is 1. The van der Waals surface area contributed by atoms with Crippen molar-refractivity contribution in [2.75, 3.05) is 20.3 Å². The van der Waals surface area contributed by atoms with Gasteiger partial charge in [-0.2, -0.15) is 0 Å². The molecule has 0 heterocycles. The summed E-state index contributed by atoms with van der Waals surface area (Å²) in [6.07, 6.45) is 2.46. The summed E-state index contributed by atoms with van der Waals surface area (Å²) in [5, 5.41) is 8.97. The number of nitrogens with one attached hydrogen (secondary N) is 1. The molecule has 1 aromatic carbocycles. The first-order chi connectivity index (χ1) is 9.92. The fourth-order valence-corrected chi connectivity index (χ4v) is 3.31. The molecule has 0 saturated heterocycles. The summed E-state index contributed by atoms with van der Waals surface area (Å²) in [7, 11) is -2.34. The van der Waals surface area contributed by atoms with Crippen molar-refractivity contribution in [3.8, 4) is 0 Å². The molecule has 1 fully saturated rings. The molecule has 0 spiro atoms. The minimum Gasteiger partial charge on any atom is -0.465 e. The molecule has 0 bridgehead atoms. The van der Waals surface area contributed by atoms with Crippen molar-refractivity contribution in [1.82, 2.24) is 4.72 Å². The predicted octanol–water partition coefficient (Wildman–Crippen LogP) is 0.914. The molecule has 6 nitrogen and oxygen atoms in total. The van der Waals surface area contributed by atoms with Gasteiger partial charge >= 0.3 is 5.97 Å². The van der Waals surface area contributed by atoms with Crippen LogP contribution in [0.25, 0.3) is 0 Å². The van der Waals surface area contributed by atoms with Gasteiger partial charge in [0.05, 0.1) is 17.6 Å². The summed E-state index contributed by atoms with van der Waals surface area (Å²) in [4.78, 5) is 11.4. The second-order valence-electron chi connectivity index (χ2n) is 5.31. The van der Waals surface area contributed by atoms with Crippen LogP contribution in [0.2, 0.25) is 0 Å². The molecule has 0 amide bonds. The Morgan fingerprint density at radius 3 is 2.43 bits per heavy atom. The molecule has 1 aliphatic rings. The molecule has 0 aliphatic heterocycles. The molecule has 21 heavy (non-hydrogen) atoms. The molecule has 7 heteroatoms. The number of carbonyl (C=O) groups excluding carboxylic acids is 1. The van der Waals surface area contributed by atoms with Crippen molar-refractivity contribution in [3.05, 3.63) is 29.8 Å². The van der Waals surface area contributed by atoms with Crippen LogP contribution in [0.15, 0.2) is 29.2 Å². The Hall–Kier alpha value is -1.44. The molecule has 2 rings (SSSR count). The number of ether oxygens (including phenoxy) is 1. The van der Waals surface area contributed by atoms with Crippen molar-refractivity contribution in [2.24, 2.45) is 5.41 Å². The molecule has 0 radical (unpaired) electrons. The molecule has 1 saturated carbocycles. The Labute approximate surface area is 124 Å². The monoisotopic (exact) mass is 313 g/mol. The average molecular weight is 313 g/mol. The lowest BCUT2D eigenvalue weighted by atomic mass is 10.0. The minimum atomic E-state index is -3.60. The number of hydrogen-bond donors (Lipinski definition) is 2. The maximum absolute atomic E-state index is 12.2. The molecular formula is C14H19NO5S. The van der Waals surface area contributed by atoms with Gasteiger partial charge in [-0.3, -0.25) is 0 Å². The van der Waals surface area contributed by atoms with Gasteiger partial charge < -0.3 is 9.84 Å². The van der Waals surface area contributed by atoms with Gasteiger partial charge in [-0.15, -0.1) is 0 Å². The molecule has 116 valence electrons. The standard InChI is InChI=1S/C14H19NO5S/c1-20-13(17)11-2-4-12(5-3-11)21(18,19)15-10-14(6-7-14)8-9-16/h2-5,15-16H,6-10H2,1H3. The van der Waals surface area contributed by atoms with Gasteiger partial charge in [-0.05, 0) is 48.9 Å². The van der Waals surface area contributed by atoms with E-state index in [4.69, 9.17) is 5.11 Å². The molecule has 1 aliphatic carbocycles. The van der Waals surface area contributed by atoms with E-state index in [-0.39, 0.29) is 16.9 Å². The van der Waals surface area contributed by atoms with E-state index >= 15 is 0 Å². The highest BCUT2D eigenvalue weighted by atomic mass is 32.2. The van der Waals surface area contributed by atoms with E-state index < -0.39 is 16.0 Å². The van der Waals surface area contributed by atoms with E-state index in [1.54, 1.807) is 0 Å². The fourth-order valence-electron chi connectivity index (χ4n) is 2.15. The number of carbonyl (C=O) groups is 1. The molecule has 1 aromatic rings. The zero-order chi connectivity index (χ0) is 15.5. The van der Waals surface area contributed by atoms with Gasteiger partial charge in [0.2, 0.25) is 10.0 Å². The summed E-state index contributed by atoms with van der Waals surface area (Å²) < 4.78 is 31.5. The van der Waals surface area contributed by atoms with Gasteiger partial charge in [-0.25, -0.2) is 17.9 Å². The molecule has 0 atom stereocenters. The fraction of sp³-hybridized carbons (Fsp3) is 0.500. The van der Waals surface area contributed by atoms with Crippen molar-refractivity contribution in [1.29, 1.82) is 0 Å². The van der Waals surface area contributed by atoms with Crippen molar-refractivity contribution < 1.29 is 23.1 Å². The Morgan fingerprint density at radius 2 is 1.95 bits per heavy atom. The number of sulfonamides is 1. The first kappa shape index (κ1) is 15.9. The Bertz CT molecular complexity index is 605.